The normalized spacial score (nSPS) is 26.1. The van der Waals surface area contributed by atoms with E-state index in [9.17, 15) is 0 Å². The second-order valence-corrected chi connectivity index (χ2v) is 5.59. The molecule has 2 atom stereocenters. The maximum Gasteiger partial charge on any atom is 0.231 e. The molecule has 1 saturated carbocycles. The van der Waals surface area contributed by atoms with Crippen molar-refractivity contribution in [3.8, 4) is 11.5 Å². The lowest BCUT2D eigenvalue weighted by molar-refractivity contribution is 0.174. The van der Waals surface area contributed by atoms with Gasteiger partial charge in [-0.15, -0.1) is 0 Å². The molecule has 1 aromatic carbocycles. The molecular weight excluding hydrogens is 226 g/mol. The maximum atomic E-state index is 5.39. The number of anilines is 1. The van der Waals surface area contributed by atoms with Crippen LogP contribution in [0.1, 0.15) is 32.6 Å². The summed E-state index contributed by atoms with van der Waals surface area (Å²) in [6, 6.07) is 6.09. The lowest BCUT2D eigenvalue weighted by Crippen LogP contribution is -2.20. The van der Waals surface area contributed by atoms with Crippen LogP contribution in [0.2, 0.25) is 0 Å². The number of hydrogen-bond donors (Lipinski definition) is 1. The Balaban J connectivity index is 1.56. The average molecular weight is 247 g/mol. The van der Waals surface area contributed by atoms with Crippen molar-refractivity contribution in [2.75, 3.05) is 18.7 Å². The highest BCUT2D eigenvalue weighted by Gasteiger charge is 2.19. The van der Waals surface area contributed by atoms with Crippen LogP contribution in [-0.4, -0.2) is 13.3 Å². The molecule has 3 rings (SSSR count). The molecule has 1 heterocycles. The predicted molar refractivity (Wildman–Crippen MR) is 72.2 cm³/mol. The number of fused-ring (bicyclic) bond motifs is 1. The van der Waals surface area contributed by atoms with Gasteiger partial charge < -0.3 is 14.8 Å². The highest BCUT2D eigenvalue weighted by atomic mass is 16.7. The Bertz CT molecular complexity index is 419. The van der Waals surface area contributed by atoms with Crippen LogP contribution >= 0.6 is 0 Å². The van der Waals surface area contributed by atoms with Crippen LogP contribution in [0.25, 0.3) is 0 Å². The first-order valence-corrected chi connectivity index (χ1v) is 6.95. The summed E-state index contributed by atoms with van der Waals surface area (Å²) in [4.78, 5) is 0. The van der Waals surface area contributed by atoms with Gasteiger partial charge in [0, 0.05) is 18.3 Å². The van der Waals surface area contributed by atoms with Crippen molar-refractivity contribution in [1.82, 2.24) is 0 Å². The molecule has 0 bridgehead atoms. The fourth-order valence-corrected chi connectivity index (χ4v) is 3.01. The standard InChI is InChI=1S/C15H21NO2/c1-11-3-2-4-12(7-11)9-16-13-5-6-14-15(8-13)18-10-17-14/h5-6,8,11-12,16H,2-4,7,9-10H2,1H3. The third-order valence-corrected chi connectivity index (χ3v) is 4.01. The van der Waals surface area contributed by atoms with Crippen molar-refractivity contribution in [2.24, 2.45) is 11.8 Å². The summed E-state index contributed by atoms with van der Waals surface area (Å²) < 4.78 is 10.7. The second-order valence-electron chi connectivity index (χ2n) is 5.59. The van der Waals surface area contributed by atoms with Gasteiger partial charge in [0.05, 0.1) is 0 Å². The number of nitrogens with one attached hydrogen (secondary N) is 1. The van der Waals surface area contributed by atoms with Gasteiger partial charge >= 0.3 is 0 Å². The zero-order chi connectivity index (χ0) is 12.4. The number of benzene rings is 1. The van der Waals surface area contributed by atoms with Crippen molar-refractivity contribution in [3.63, 3.8) is 0 Å². The summed E-state index contributed by atoms with van der Waals surface area (Å²) >= 11 is 0. The summed E-state index contributed by atoms with van der Waals surface area (Å²) in [5.41, 5.74) is 1.14. The Kier molecular flexibility index (Phi) is 3.31. The van der Waals surface area contributed by atoms with Gasteiger partial charge in [-0.2, -0.15) is 0 Å². The highest BCUT2D eigenvalue weighted by Crippen LogP contribution is 2.35. The first-order valence-electron chi connectivity index (χ1n) is 6.95. The van der Waals surface area contributed by atoms with Gasteiger partial charge in [-0.1, -0.05) is 19.8 Å². The molecular formula is C15H21NO2. The van der Waals surface area contributed by atoms with Crippen molar-refractivity contribution in [2.45, 2.75) is 32.6 Å². The first kappa shape index (κ1) is 11.7. The van der Waals surface area contributed by atoms with E-state index in [4.69, 9.17) is 9.47 Å². The SMILES string of the molecule is CC1CCCC(CNc2ccc3c(c2)OCO3)C1. The summed E-state index contributed by atoms with van der Waals surface area (Å²) in [7, 11) is 0. The predicted octanol–water partition coefficient (Wildman–Crippen LogP) is 3.65. The van der Waals surface area contributed by atoms with Gasteiger partial charge in [0.25, 0.3) is 0 Å². The molecule has 98 valence electrons. The topological polar surface area (TPSA) is 30.5 Å². The van der Waals surface area contributed by atoms with Gasteiger partial charge in [-0.3, -0.25) is 0 Å². The van der Waals surface area contributed by atoms with Crippen LogP contribution in [0.4, 0.5) is 5.69 Å². The van der Waals surface area contributed by atoms with E-state index >= 15 is 0 Å². The van der Waals surface area contributed by atoms with E-state index in [1.54, 1.807) is 0 Å². The Morgan fingerprint density at radius 1 is 1.22 bits per heavy atom. The van der Waals surface area contributed by atoms with E-state index in [-0.39, 0.29) is 0 Å². The summed E-state index contributed by atoms with van der Waals surface area (Å²) in [6.45, 7) is 3.79. The van der Waals surface area contributed by atoms with Crippen LogP contribution < -0.4 is 14.8 Å². The van der Waals surface area contributed by atoms with Gasteiger partial charge in [-0.05, 0) is 36.8 Å². The van der Waals surface area contributed by atoms with Crippen LogP contribution in [0.3, 0.4) is 0 Å². The molecule has 0 amide bonds. The van der Waals surface area contributed by atoms with Crippen molar-refractivity contribution >= 4 is 5.69 Å². The van der Waals surface area contributed by atoms with E-state index in [0.717, 1.165) is 35.6 Å². The minimum Gasteiger partial charge on any atom is -0.454 e. The Hall–Kier alpha value is -1.38. The molecule has 3 heteroatoms. The lowest BCUT2D eigenvalue weighted by Gasteiger charge is -2.27. The third kappa shape index (κ3) is 2.55. The molecule has 18 heavy (non-hydrogen) atoms. The van der Waals surface area contributed by atoms with Crippen LogP contribution in [-0.2, 0) is 0 Å². The minimum atomic E-state index is 0.346. The summed E-state index contributed by atoms with van der Waals surface area (Å²) in [5, 5.41) is 3.53. The molecule has 0 radical (unpaired) electrons. The van der Waals surface area contributed by atoms with Crippen molar-refractivity contribution < 1.29 is 9.47 Å². The minimum absolute atomic E-state index is 0.346. The average Bonchev–Trinajstić information content (AvgIpc) is 2.84. The maximum absolute atomic E-state index is 5.39. The smallest absolute Gasteiger partial charge is 0.231 e. The van der Waals surface area contributed by atoms with Crippen LogP contribution in [0.5, 0.6) is 11.5 Å². The quantitative estimate of drug-likeness (QED) is 0.884. The Labute approximate surface area is 108 Å². The first-order chi connectivity index (χ1) is 8.81. The van der Waals surface area contributed by atoms with E-state index < -0.39 is 0 Å². The Morgan fingerprint density at radius 2 is 2.11 bits per heavy atom. The molecule has 1 aliphatic heterocycles. The molecule has 1 aliphatic carbocycles. The molecule has 1 N–H and O–H groups in total. The van der Waals surface area contributed by atoms with Crippen molar-refractivity contribution in [1.29, 1.82) is 0 Å². The van der Waals surface area contributed by atoms with E-state index in [0.29, 0.717) is 6.79 Å². The fourth-order valence-electron chi connectivity index (χ4n) is 3.01. The molecule has 1 aromatic rings. The monoisotopic (exact) mass is 247 g/mol. The zero-order valence-corrected chi connectivity index (χ0v) is 10.9. The van der Waals surface area contributed by atoms with Gasteiger partial charge in [0.2, 0.25) is 6.79 Å². The van der Waals surface area contributed by atoms with Crippen LogP contribution in [0.15, 0.2) is 18.2 Å². The van der Waals surface area contributed by atoms with Gasteiger partial charge in [-0.25, -0.2) is 0 Å². The molecule has 1 fully saturated rings. The summed E-state index contributed by atoms with van der Waals surface area (Å²) in [5.74, 6) is 3.42. The van der Waals surface area contributed by atoms with E-state index in [2.05, 4.69) is 18.3 Å². The second kappa shape index (κ2) is 5.09. The summed E-state index contributed by atoms with van der Waals surface area (Å²) in [6.07, 6.45) is 5.51. The number of hydrogen-bond acceptors (Lipinski definition) is 3. The molecule has 3 nitrogen and oxygen atoms in total. The highest BCUT2D eigenvalue weighted by molar-refractivity contribution is 5.55. The Morgan fingerprint density at radius 3 is 3.00 bits per heavy atom. The molecule has 2 unspecified atom stereocenters. The lowest BCUT2D eigenvalue weighted by atomic mass is 9.82. The number of ether oxygens (including phenoxy) is 2. The fraction of sp³-hybridized carbons (Fsp3) is 0.600. The molecule has 0 saturated heterocycles. The molecule has 2 aliphatic rings. The van der Waals surface area contributed by atoms with Crippen LogP contribution in [0, 0.1) is 11.8 Å². The third-order valence-electron chi connectivity index (χ3n) is 4.01. The van der Waals surface area contributed by atoms with E-state index in [1.807, 2.05) is 12.1 Å². The molecule has 0 spiro atoms. The van der Waals surface area contributed by atoms with Gasteiger partial charge in [0.1, 0.15) is 0 Å². The van der Waals surface area contributed by atoms with Crippen molar-refractivity contribution in [3.05, 3.63) is 18.2 Å². The van der Waals surface area contributed by atoms with Gasteiger partial charge in [0.15, 0.2) is 11.5 Å². The largest absolute Gasteiger partial charge is 0.454 e. The van der Waals surface area contributed by atoms with E-state index in [1.165, 1.54) is 25.7 Å². The molecule has 0 aromatic heterocycles. The number of rotatable bonds is 3. The zero-order valence-electron chi connectivity index (χ0n) is 10.9.